The number of nitrogens with one attached hydrogen (secondary N) is 2. The van der Waals surface area contributed by atoms with Gasteiger partial charge < -0.3 is 20.1 Å². The van der Waals surface area contributed by atoms with Gasteiger partial charge in [-0.25, -0.2) is 0 Å². The van der Waals surface area contributed by atoms with Gasteiger partial charge in [0.05, 0.1) is 12.2 Å². The van der Waals surface area contributed by atoms with Gasteiger partial charge in [0, 0.05) is 32.3 Å². The highest BCUT2D eigenvalue weighted by molar-refractivity contribution is 14.0. The lowest BCUT2D eigenvalue weighted by Gasteiger charge is -2.17. The molecule has 0 spiro atoms. The molecule has 0 saturated carbocycles. The van der Waals surface area contributed by atoms with Crippen molar-refractivity contribution in [3.63, 3.8) is 0 Å². The summed E-state index contributed by atoms with van der Waals surface area (Å²) in [7, 11) is 1.78. The molecule has 0 bridgehead atoms. The largest absolute Gasteiger partial charge is 0.491 e. The van der Waals surface area contributed by atoms with Crippen LogP contribution in [0.4, 0.5) is 0 Å². The molecule has 144 valence electrons. The fraction of sp³-hybridized carbons (Fsp3) is 0.632. The summed E-state index contributed by atoms with van der Waals surface area (Å²) in [5.41, 5.74) is 2.32. The number of halogens is 1. The zero-order valence-corrected chi connectivity index (χ0v) is 18.7. The van der Waals surface area contributed by atoms with Crippen molar-refractivity contribution in [2.75, 3.05) is 20.2 Å². The summed E-state index contributed by atoms with van der Waals surface area (Å²) in [5.74, 6) is 1.72. The average Bonchev–Trinajstić information content (AvgIpc) is 2.50. The van der Waals surface area contributed by atoms with E-state index in [-0.39, 0.29) is 36.2 Å². The number of nitrogens with zero attached hydrogens (tertiary/aromatic N) is 1. The maximum Gasteiger partial charge on any atom is 0.191 e. The van der Waals surface area contributed by atoms with Crippen LogP contribution in [0.1, 0.15) is 45.2 Å². The number of ether oxygens (including phenoxy) is 2. The van der Waals surface area contributed by atoms with Gasteiger partial charge >= 0.3 is 0 Å². The molecule has 0 saturated heterocycles. The summed E-state index contributed by atoms with van der Waals surface area (Å²) in [4.78, 5) is 4.26. The highest BCUT2D eigenvalue weighted by Gasteiger charge is 2.07. The SMILES string of the molecule is CN=C(NCCCOC(C)C)NCc1ccc(C)cc1OC(C)C.I. The molecule has 1 aromatic rings. The van der Waals surface area contributed by atoms with Gasteiger partial charge in [-0.15, -0.1) is 24.0 Å². The van der Waals surface area contributed by atoms with Crippen LogP contribution in [-0.4, -0.2) is 38.4 Å². The lowest BCUT2D eigenvalue weighted by atomic mass is 10.1. The van der Waals surface area contributed by atoms with Crippen molar-refractivity contribution in [2.45, 2.75) is 59.8 Å². The first kappa shape index (κ1) is 24.0. The summed E-state index contributed by atoms with van der Waals surface area (Å²) in [5, 5.41) is 6.64. The zero-order chi connectivity index (χ0) is 17.9. The smallest absolute Gasteiger partial charge is 0.191 e. The van der Waals surface area contributed by atoms with Gasteiger partial charge in [0.15, 0.2) is 5.96 Å². The van der Waals surface area contributed by atoms with Gasteiger partial charge in [0.2, 0.25) is 0 Å². The van der Waals surface area contributed by atoms with Gasteiger partial charge in [-0.05, 0) is 52.7 Å². The fourth-order valence-corrected chi connectivity index (χ4v) is 2.17. The minimum absolute atomic E-state index is 0. The molecule has 0 radical (unpaired) electrons. The number of hydrogen-bond acceptors (Lipinski definition) is 3. The van der Waals surface area contributed by atoms with Crippen LogP contribution in [-0.2, 0) is 11.3 Å². The Morgan fingerprint density at radius 1 is 1.12 bits per heavy atom. The van der Waals surface area contributed by atoms with Crippen LogP contribution < -0.4 is 15.4 Å². The number of benzene rings is 1. The molecule has 1 aromatic carbocycles. The Bertz CT molecular complexity index is 519. The molecule has 25 heavy (non-hydrogen) atoms. The summed E-state index contributed by atoms with van der Waals surface area (Å²) in [6, 6.07) is 6.28. The van der Waals surface area contributed by atoms with E-state index in [0.29, 0.717) is 6.54 Å². The Balaban J connectivity index is 0.00000576. The molecule has 2 N–H and O–H groups in total. The van der Waals surface area contributed by atoms with E-state index >= 15 is 0 Å². The molecule has 0 aliphatic rings. The molecule has 0 heterocycles. The summed E-state index contributed by atoms with van der Waals surface area (Å²) in [6.07, 6.45) is 1.39. The third-order valence-corrected chi connectivity index (χ3v) is 3.32. The van der Waals surface area contributed by atoms with Crippen LogP contribution >= 0.6 is 24.0 Å². The molecule has 0 aliphatic carbocycles. The number of aryl methyl sites for hydroxylation is 1. The Hall–Kier alpha value is -1.02. The van der Waals surface area contributed by atoms with Crippen LogP contribution in [0.3, 0.4) is 0 Å². The van der Waals surface area contributed by atoms with E-state index in [0.717, 1.165) is 36.8 Å². The second-order valence-electron chi connectivity index (χ2n) is 6.40. The van der Waals surface area contributed by atoms with Crippen LogP contribution in [0, 0.1) is 6.92 Å². The normalized spacial score (nSPS) is 11.4. The highest BCUT2D eigenvalue weighted by Crippen LogP contribution is 2.21. The van der Waals surface area contributed by atoms with E-state index < -0.39 is 0 Å². The van der Waals surface area contributed by atoms with Gasteiger partial charge in [0.1, 0.15) is 5.75 Å². The zero-order valence-electron chi connectivity index (χ0n) is 16.4. The van der Waals surface area contributed by atoms with Crippen LogP contribution in [0.2, 0.25) is 0 Å². The lowest BCUT2D eigenvalue weighted by Crippen LogP contribution is -2.37. The van der Waals surface area contributed by atoms with E-state index in [1.807, 2.05) is 27.7 Å². The van der Waals surface area contributed by atoms with Crippen LogP contribution in [0.15, 0.2) is 23.2 Å². The third kappa shape index (κ3) is 10.5. The quantitative estimate of drug-likeness (QED) is 0.253. The van der Waals surface area contributed by atoms with E-state index in [2.05, 4.69) is 40.7 Å². The first-order chi connectivity index (χ1) is 11.4. The lowest BCUT2D eigenvalue weighted by molar-refractivity contribution is 0.0776. The Kier molecular flexibility index (Phi) is 12.7. The maximum atomic E-state index is 5.91. The minimum Gasteiger partial charge on any atom is -0.491 e. The van der Waals surface area contributed by atoms with Crippen molar-refractivity contribution >= 4 is 29.9 Å². The van der Waals surface area contributed by atoms with E-state index in [1.54, 1.807) is 7.05 Å². The monoisotopic (exact) mass is 463 g/mol. The van der Waals surface area contributed by atoms with Crippen molar-refractivity contribution in [2.24, 2.45) is 4.99 Å². The van der Waals surface area contributed by atoms with Crippen LogP contribution in [0.5, 0.6) is 5.75 Å². The minimum atomic E-state index is 0. The number of rotatable bonds is 9. The molecule has 6 heteroatoms. The predicted octanol–water partition coefficient (Wildman–Crippen LogP) is 3.88. The molecule has 0 aromatic heterocycles. The Labute approximate surface area is 170 Å². The summed E-state index contributed by atoms with van der Waals surface area (Å²) in [6.45, 7) is 12.5. The molecule has 1 rings (SSSR count). The van der Waals surface area contributed by atoms with Crippen molar-refractivity contribution in [3.05, 3.63) is 29.3 Å². The first-order valence-electron chi connectivity index (χ1n) is 8.74. The molecular weight excluding hydrogens is 429 g/mol. The van der Waals surface area contributed by atoms with E-state index in [9.17, 15) is 0 Å². The predicted molar refractivity (Wildman–Crippen MR) is 116 cm³/mol. The van der Waals surface area contributed by atoms with Gasteiger partial charge in [0.25, 0.3) is 0 Å². The molecule has 0 aliphatic heterocycles. The average molecular weight is 463 g/mol. The number of hydrogen-bond donors (Lipinski definition) is 2. The van der Waals surface area contributed by atoms with E-state index in [1.165, 1.54) is 5.56 Å². The molecule has 0 amide bonds. The molecule has 5 nitrogen and oxygen atoms in total. The number of guanidine groups is 1. The second-order valence-corrected chi connectivity index (χ2v) is 6.40. The van der Waals surface area contributed by atoms with E-state index in [4.69, 9.17) is 9.47 Å². The molecule has 0 fully saturated rings. The topological polar surface area (TPSA) is 54.9 Å². The highest BCUT2D eigenvalue weighted by atomic mass is 127. The van der Waals surface area contributed by atoms with Crippen molar-refractivity contribution in [3.8, 4) is 5.75 Å². The third-order valence-electron chi connectivity index (χ3n) is 3.32. The van der Waals surface area contributed by atoms with Crippen molar-refractivity contribution < 1.29 is 9.47 Å². The summed E-state index contributed by atoms with van der Waals surface area (Å²) >= 11 is 0. The van der Waals surface area contributed by atoms with Gasteiger partial charge in [-0.2, -0.15) is 0 Å². The molecule has 0 atom stereocenters. The molecule has 0 unspecified atom stereocenters. The van der Waals surface area contributed by atoms with Crippen molar-refractivity contribution in [1.82, 2.24) is 10.6 Å². The second kappa shape index (κ2) is 13.2. The first-order valence-corrected chi connectivity index (χ1v) is 8.74. The molecular formula is C19H34IN3O2. The Morgan fingerprint density at radius 3 is 2.44 bits per heavy atom. The fourth-order valence-electron chi connectivity index (χ4n) is 2.17. The standard InChI is InChI=1S/C19H33N3O2.HI/c1-14(2)23-11-7-10-21-19(20-6)22-13-17-9-8-16(5)12-18(17)24-15(3)4;/h8-9,12,14-15H,7,10-11,13H2,1-6H3,(H2,20,21,22);1H. The van der Waals surface area contributed by atoms with Crippen molar-refractivity contribution in [1.29, 1.82) is 0 Å². The maximum absolute atomic E-state index is 5.91. The van der Waals surface area contributed by atoms with Gasteiger partial charge in [-0.1, -0.05) is 12.1 Å². The number of aliphatic imine (C=N–C) groups is 1. The summed E-state index contributed by atoms with van der Waals surface area (Å²) < 4.78 is 11.4. The Morgan fingerprint density at radius 2 is 1.84 bits per heavy atom. The van der Waals surface area contributed by atoms with Gasteiger partial charge in [-0.3, -0.25) is 4.99 Å². The van der Waals surface area contributed by atoms with Crippen LogP contribution in [0.25, 0.3) is 0 Å².